The lowest BCUT2D eigenvalue weighted by Gasteiger charge is -2.15. The number of carbonyl (C=O) groups is 2. The molecular weight excluding hydrogens is 356 g/mol. The van der Waals surface area contributed by atoms with E-state index in [1.165, 1.54) is 0 Å². The Hall–Kier alpha value is -3.41. The van der Waals surface area contributed by atoms with E-state index in [2.05, 4.69) is 10.3 Å². The molecular formula is C22H20N2O4. The number of ether oxygens (including phenoxy) is 1. The number of carbonyl (C=O) groups excluding carboxylic acids is 2. The molecule has 1 fully saturated rings. The molecule has 0 radical (unpaired) electrons. The maximum absolute atomic E-state index is 12.8. The normalized spacial score (nSPS) is 14.5. The molecule has 3 aromatic rings. The van der Waals surface area contributed by atoms with Crippen molar-refractivity contribution >= 4 is 22.8 Å². The second kappa shape index (κ2) is 7.31. The van der Waals surface area contributed by atoms with Gasteiger partial charge in [0, 0.05) is 17.0 Å². The molecule has 0 spiro atoms. The molecule has 1 heterocycles. The number of aromatic hydroxyl groups is 1. The summed E-state index contributed by atoms with van der Waals surface area (Å²) in [7, 11) is 0. The van der Waals surface area contributed by atoms with Crippen molar-refractivity contribution in [3.8, 4) is 17.0 Å². The van der Waals surface area contributed by atoms with Crippen molar-refractivity contribution in [2.45, 2.75) is 31.9 Å². The molecule has 2 aromatic carbocycles. The van der Waals surface area contributed by atoms with Gasteiger partial charge in [0.2, 0.25) is 0 Å². The average molecular weight is 376 g/mol. The fourth-order valence-corrected chi connectivity index (χ4v) is 2.95. The first kappa shape index (κ1) is 18.0. The molecule has 1 aliphatic carbocycles. The maximum atomic E-state index is 12.8. The van der Waals surface area contributed by atoms with Crippen LogP contribution in [0.5, 0.6) is 5.75 Å². The van der Waals surface area contributed by atoms with E-state index < -0.39 is 12.1 Å². The quantitative estimate of drug-likeness (QED) is 0.666. The molecule has 1 aromatic heterocycles. The number of phenols is 1. The summed E-state index contributed by atoms with van der Waals surface area (Å²) in [6.07, 6.45) is 1.06. The first-order valence-corrected chi connectivity index (χ1v) is 9.22. The summed E-state index contributed by atoms with van der Waals surface area (Å²) in [4.78, 5) is 29.6. The SMILES string of the molecule is C[C@@H](OC(=O)c1cc(-c2ccc(O)cc2)nc2ccccc12)C(=O)NC1CC1. The van der Waals surface area contributed by atoms with E-state index in [-0.39, 0.29) is 17.7 Å². The fraction of sp³-hybridized carbons (Fsp3) is 0.227. The van der Waals surface area contributed by atoms with Crippen molar-refractivity contribution in [3.05, 3.63) is 60.2 Å². The summed E-state index contributed by atoms with van der Waals surface area (Å²) in [5.41, 5.74) is 2.34. The van der Waals surface area contributed by atoms with Crippen molar-refractivity contribution in [1.82, 2.24) is 10.3 Å². The summed E-state index contributed by atoms with van der Waals surface area (Å²) >= 11 is 0. The lowest BCUT2D eigenvalue weighted by atomic mass is 10.0. The molecule has 0 saturated heterocycles. The van der Waals surface area contributed by atoms with E-state index in [1.54, 1.807) is 43.3 Å². The molecule has 142 valence electrons. The monoisotopic (exact) mass is 376 g/mol. The van der Waals surface area contributed by atoms with Crippen LogP contribution in [-0.4, -0.2) is 34.1 Å². The highest BCUT2D eigenvalue weighted by Crippen LogP contribution is 2.27. The Labute approximate surface area is 162 Å². The van der Waals surface area contributed by atoms with Crippen LogP contribution in [0.2, 0.25) is 0 Å². The number of pyridine rings is 1. The molecule has 6 heteroatoms. The van der Waals surface area contributed by atoms with Crippen molar-refractivity contribution in [3.63, 3.8) is 0 Å². The number of benzene rings is 2. The molecule has 0 aliphatic heterocycles. The van der Waals surface area contributed by atoms with Crippen molar-refractivity contribution in [1.29, 1.82) is 0 Å². The molecule has 1 atom stereocenters. The van der Waals surface area contributed by atoms with Gasteiger partial charge in [-0.3, -0.25) is 4.79 Å². The third-order valence-corrected chi connectivity index (χ3v) is 4.68. The van der Waals surface area contributed by atoms with Gasteiger partial charge in [-0.2, -0.15) is 0 Å². The van der Waals surface area contributed by atoms with Crippen LogP contribution in [0.25, 0.3) is 22.2 Å². The molecule has 4 rings (SSSR count). The first-order chi connectivity index (χ1) is 13.5. The molecule has 0 bridgehead atoms. The Morgan fingerprint density at radius 1 is 1.14 bits per heavy atom. The Balaban J connectivity index is 1.67. The van der Waals surface area contributed by atoms with E-state index in [4.69, 9.17) is 4.74 Å². The molecule has 1 amide bonds. The van der Waals surface area contributed by atoms with E-state index in [0.717, 1.165) is 18.4 Å². The van der Waals surface area contributed by atoms with Crippen LogP contribution in [-0.2, 0) is 9.53 Å². The van der Waals surface area contributed by atoms with Gasteiger partial charge in [-0.15, -0.1) is 0 Å². The van der Waals surface area contributed by atoms with Crippen LogP contribution >= 0.6 is 0 Å². The van der Waals surface area contributed by atoms with Gasteiger partial charge in [0.1, 0.15) is 5.75 Å². The second-order valence-electron chi connectivity index (χ2n) is 6.95. The zero-order valence-corrected chi connectivity index (χ0v) is 15.4. The van der Waals surface area contributed by atoms with Gasteiger partial charge < -0.3 is 15.2 Å². The molecule has 0 unspecified atom stereocenters. The second-order valence-corrected chi connectivity index (χ2v) is 6.95. The zero-order valence-electron chi connectivity index (χ0n) is 15.4. The minimum atomic E-state index is -0.878. The molecule has 2 N–H and O–H groups in total. The van der Waals surface area contributed by atoms with Gasteiger partial charge in [0.15, 0.2) is 6.10 Å². The van der Waals surface area contributed by atoms with Gasteiger partial charge >= 0.3 is 5.97 Å². The lowest BCUT2D eigenvalue weighted by molar-refractivity contribution is -0.129. The standard InChI is InChI=1S/C22H20N2O4/c1-13(21(26)23-15-8-9-15)28-22(27)18-12-20(14-6-10-16(25)11-7-14)24-19-5-3-2-4-17(18)19/h2-7,10-13,15,25H,8-9H2,1H3,(H,23,26)/t13-/m1/s1. The summed E-state index contributed by atoms with van der Waals surface area (Å²) in [5, 5.41) is 13.0. The van der Waals surface area contributed by atoms with E-state index in [0.29, 0.717) is 22.2 Å². The topological polar surface area (TPSA) is 88.5 Å². The summed E-state index contributed by atoms with van der Waals surface area (Å²) in [6, 6.07) is 15.7. The number of fused-ring (bicyclic) bond motifs is 1. The third-order valence-electron chi connectivity index (χ3n) is 4.68. The maximum Gasteiger partial charge on any atom is 0.339 e. The Bertz CT molecular complexity index is 1040. The van der Waals surface area contributed by atoms with Crippen LogP contribution in [0, 0.1) is 0 Å². The highest BCUT2D eigenvalue weighted by atomic mass is 16.5. The number of amides is 1. The Kier molecular flexibility index (Phi) is 4.69. The van der Waals surface area contributed by atoms with Crippen molar-refractivity contribution in [2.75, 3.05) is 0 Å². The third kappa shape index (κ3) is 3.81. The summed E-state index contributed by atoms with van der Waals surface area (Å²) in [6.45, 7) is 1.57. The van der Waals surface area contributed by atoms with Crippen molar-refractivity contribution in [2.24, 2.45) is 0 Å². The van der Waals surface area contributed by atoms with Gasteiger partial charge in [0.05, 0.1) is 16.8 Å². The highest BCUT2D eigenvalue weighted by molar-refractivity contribution is 6.05. The predicted octanol–water partition coefficient (Wildman–Crippen LogP) is 3.43. The summed E-state index contributed by atoms with van der Waals surface area (Å²) in [5.74, 6) is -0.704. The number of hydrogen-bond donors (Lipinski definition) is 2. The molecule has 1 saturated carbocycles. The minimum Gasteiger partial charge on any atom is -0.508 e. The average Bonchev–Trinajstić information content (AvgIpc) is 3.51. The van der Waals surface area contributed by atoms with Crippen LogP contribution in [0.3, 0.4) is 0 Å². The van der Waals surface area contributed by atoms with E-state index in [1.807, 2.05) is 18.2 Å². The van der Waals surface area contributed by atoms with Crippen molar-refractivity contribution < 1.29 is 19.4 Å². The van der Waals surface area contributed by atoms with Gasteiger partial charge in [0.25, 0.3) is 5.91 Å². The predicted molar refractivity (Wildman–Crippen MR) is 105 cm³/mol. The first-order valence-electron chi connectivity index (χ1n) is 9.22. The largest absolute Gasteiger partial charge is 0.508 e. The van der Waals surface area contributed by atoms with Crippen LogP contribution < -0.4 is 5.32 Å². The van der Waals surface area contributed by atoms with Crippen LogP contribution in [0.1, 0.15) is 30.1 Å². The number of phenolic OH excluding ortho intramolecular Hbond substituents is 1. The van der Waals surface area contributed by atoms with Gasteiger partial charge in [-0.1, -0.05) is 18.2 Å². The number of rotatable bonds is 5. The highest BCUT2D eigenvalue weighted by Gasteiger charge is 2.28. The Morgan fingerprint density at radius 3 is 2.57 bits per heavy atom. The lowest BCUT2D eigenvalue weighted by Crippen LogP contribution is -2.37. The Morgan fingerprint density at radius 2 is 1.86 bits per heavy atom. The number of esters is 1. The van der Waals surface area contributed by atoms with Crippen LogP contribution in [0.15, 0.2) is 54.6 Å². The molecule has 1 aliphatic rings. The van der Waals surface area contributed by atoms with Gasteiger partial charge in [-0.25, -0.2) is 9.78 Å². The smallest absolute Gasteiger partial charge is 0.339 e. The summed E-state index contributed by atoms with van der Waals surface area (Å²) < 4.78 is 5.43. The molecule has 6 nitrogen and oxygen atoms in total. The fourth-order valence-electron chi connectivity index (χ4n) is 2.95. The van der Waals surface area contributed by atoms with E-state index >= 15 is 0 Å². The minimum absolute atomic E-state index is 0.152. The number of hydrogen-bond acceptors (Lipinski definition) is 5. The number of nitrogens with zero attached hydrogens (tertiary/aromatic N) is 1. The van der Waals surface area contributed by atoms with Crippen LogP contribution in [0.4, 0.5) is 0 Å². The van der Waals surface area contributed by atoms with E-state index in [9.17, 15) is 14.7 Å². The number of nitrogens with one attached hydrogen (secondary N) is 1. The number of para-hydroxylation sites is 1. The zero-order chi connectivity index (χ0) is 19.7. The molecule has 28 heavy (non-hydrogen) atoms. The number of aromatic nitrogens is 1. The van der Waals surface area contributed by atoms with Gasteiger partial charge in [-0.05, 0) is 56.2 Å².